The summed E-state index contributed by atoms with van der Waals surface area (Å²) in [6, 6.07) is 7.54. The van der Waals surface area contributed by atoms with Crippen LogP contribution in [0.1, 0.15) is 5.69 Å². The second-order valence-corrected chi connectivity index (χ2v) is 5.00. The van der Waals surface area contributed by atoms with Crippen molar-refractivity contribution in [3.8, 4) is 10.6 Å². The van der Waals surface area contributed by atoms with Gasteiger partial charge >= 0.3 is 0 Å². The smallest absolute Gasteiger partial charge is 0.139 e. The number of pyridine rings is 1. The van der Waals surface area contributed by atoms with E-state index in [0.29, 0.717) is 5.02 Å². The van der Waals surface area contributed by atoms with Gasteiger partial charge in [-0.15, -0.1) is 11.3 Å². The van der Waals surface area contributed by atoms with E-state index in [1.807, 2.05) is 28.1 Å². The molecule has 0 aliphatic heterocycles. The molecule has 5 heteroatoms. The molecule has 3 nitrogen and oxygen atoms in total. The van der Waals surface area contributed by atoms with Gasteiger partial charge in [-0.05, 0) is 17.5 Å². The van der Waals surface area contributed by atoms with E-state index in [1.165, 1.54) is 0 Å². The van der Waals surface area contributed by atoms with Crippen molar-refractivity contribution >= 4 is 28.6 Å². The minimum atomic E-state index is -0.0456. The zero-order valence-corrected chi connectivity index (χ0v) is 10.4. The van der Waals surface area contributed by atoms with E-state index in [-0.39, 0.29) is 6.61 Å². The van der Waals surface area contributed by atoms with Gasteiger partial charge in [-0.25, -0.2) is 4.98 Å². The summed E-state index contributed by atoms with van der Waals surface area (Å²) in [5, 5.41) is 12.1. The number of halogens is 1. The Kier molecular flexibility index (Phi) is 2.63. The summed E-state index contributed by atoms with van der Waals surface area (Å²) in [5.41, 5.74) is 2.37. The Morgan fingerprint density at radius 2 is 2.29 bits per heavy atom. The van der Waals surface area contributed by atoms with Gasteiger partial charge in [-0.1, -0.05) is 17.7 Å². The Hall–Kier alpha value is -1.36. The van der Waals surface area contributed by atoms with Crippen molar-refractivity contribution in [2.45, 2.75) is 6.61 Å². The molecule has 0 spiro atoms. The number of imidazole rings is 1. The van der Waals surface area contributed by atoms with E-state index < -0.39 is 0 Å². The second kappa shape index (κ2) is 4.14. The van der Waals surface area contributed by atoms with Crippen molar-refractivity contribution in [1.29, 1.82) is 0 Å². The maximum Gasteiger partial charge on any atom is 0.139 e. The van der Waals surface area contributed by atoms with Gasteiger partial charge in [0, 0.05) is 17.3 Å². The van der Waals surface area contributed by atoms with Gasteiger partial charge in [0.2, 0.25) is 0 Å². The average Bonchev–Trinajstić information content (AvgIpc) is 2.94. The molecule has 0 atom stereocenters. The summed E-state index contributed by atoms with van der Waals surface area (Å²) in [6.45, 7) is -0.0456. The standard InChI is InChI=1S/C12H9ClN2OS/c13-8-3-4-15-9(7-16)12(14-11(15)6-8)10-2-1-5-17-10/h1-6,16H,7H2. The number of aromatic nitrogens is 2. The summed E-state index contributed by atoms with van der Waals surface area (Å²) < 4.78 is 1.86. The molecule has 0 unspecified atom stereocenters. The third-order valence-corrected chi connectivity index (χ3v) is 3.70. The summed E-state index contributed by atoms with van der Waals surface area (Å²) in [4.78, 5) is 5.57. The highest BCUT2D eigenvalue weighted by molar-refractivity contribution is 7.13. The molecule has 0 saturated heterocycles. The summed E-state index contributed by atoms with van der Waals surface area (Å²) >= 11 is 7.54. The van der Waals surface area contributed by atoms with Crippen LogP contribution in [0.25, 0.3) is 16.2 Å². The van der Waals surface area contributed by atoms with Crippen LogP contribution >= 0.6 is 22.9 Å². The zero-order chi connectivity index (χ0) is 11.8. The number of aliphatic hydroxyl groups is 1. The molecule has 0 aromatic carbocycles. The van der Waals surface area contributed by atoms with Crippen LogP contribution in [0, 0.1) is 0 Å². The molecule has 17 heavy (non-hydrogen) atoms. The first-order valence-corrected chi connectivity index (χ1v) is 6.36. The van der Waals surface area contributed by atoms with Gasteiger partial charge in [-0.3, -0.25) is 0 Å². The number of thiophene rings is 1. The number of hydrogen-bond acceptors (Lipinski definition) is 3. The van der Waals surface area contributed by atoms with E-state index in [9.17, 15) is 5.11 Å². The number of rotatable bonds is 2. The normalized spacial score (nSPS) is 11.2. The third kappa shape index (κ3) is 1.74. The number of fused-ring (bicyclic) bond motifs is 1. The molecule has 86 valence electrons. The van der Waals surface area contributed by atoms with Gasteiger partial charge in [-0.2, -0.15) is 0 Å². The van der Waals surface area contributed by atoms with Crippen molar-refractivity contribution < 1.29 is 5.11 Å². The molecular formula is C12H9ClN2OS. The van der Waals surface area contributed by atoms with Crippen molar-refractivity contribution in [2.24, 2.45) is 0 Å². The topological polar surface area (TPSA) is 37.5 Å². The summed E-state index contributed by atoms with van der Waals surface area (Å²) in [6.07, 6.45) is 1.83. The first kappa shape index (κ1) is 10.8. The summed E-state index contributed by atoms with van der Waals surface area (Å²) in [7, 11) is 0. The Balaban J connectivity index is 2.31. The van der Waals surface area contributed by atoms with Gasteiger partial charge < -0.3 is 9.51 Å². The van der Waals surface area contributed by atoms with Crippen molar-refractivity contribution in [3.05, 3.63) is 46.6 Å². The molecule has 0 aliphatic rings. The minimum absolute atomic E-state index is 0.0456. The summed E-state index contributed by atoms with van der Waals surface area (Å²) in [5.74, 6) is 0. The molecule has 0 bridgehead atoms. The van der Waals surface area contributed by atoms with Crippen LogP contribution in [0.15, 0.2) is 35.8 Å². The average molecular weight is 265 g/mol. The van der Waals surface area contributed by atoms with Gasteiger partial charge in [0.1, 0.15) is 11.3 Å². The fraction of sp³-hybridized carbons (Fsp3) is 0.0833. The molecule has 0 saturated carbocycles. The number of hydrogen-bond donors (Lipinski definition) is 1. The quantitative estimate of drug-likeness (QED) is 0.772. The minimum Gasteiger partial charge on any atom is -0.390 e. The molecule has 3 heterocycles. The van der Waals surface area contributed by atoms with E-state index in [1.54, 1.807) is 23.5 Å². The lowest BCUT2D eigenvalue weighted by molar-refractivity contribution is 0.276. The fourth-order valence-corrected chi connectivity index (χ4v) is 2.72. The predicted molar refractivity (Wildman–Crippen MR) is 69.4 cm³/mol. The first-order valence-electron chi connectivity index (χ1n) is 5.11. The van der Waals surface area contributed by atoms with E-state index in [0.717, 1.165) is 21.9 Å². The van der Waals surface area contributed by atoms with Crippen LogP contribution in [-0.2, 0) is 6.61 Å². The lowest BCUT2D eigenvalue weighted by Crippen LogP contribution is -1.92. The monoisotopic (exact) mass is 264 g/mol. The molecule has 3 rings (SSSR count). The highest BCUT2D eigenvalue weighted by atomic mass is 35.5. The maximum absolute atomic E-state index is 9.48. The van der Waals surface area contributed by atoms with Crippen molar-refractivity contribution in [2.75, 3.05) is 0 Å². The largest absolute Gasteiger partial charge is 0.390 e. The van der Waals surface area contributed by atoms with Crippen molar-refractivity contribution in [3.63, 3.8) is 0 Å². The SMILES string of the molecule is OCc1c(-c2cccs2)nc2cc(Cl)ccn12. The van der Waals surface area contributed by atoms with Gasteiger partial charge in [0.25, 0.3) is 0 Å². The van der Waals surface area contributed by atoms with Gasteiger partial charge in [0.05, 0.1) is 17.2 Å². The highest BCUT2D eigenvalue weighted by Crippen LogP contribution is 2.29. The van der Waals surface area contributed by atoms with Crippen LogP contribution < -0.4 is 0 Å². The third-order valence-electron chi connectivity index (χ3n) is 2.59. The number of nitrogens with zero attached hydrogens (tertiary/aromatic N) is 2. The van der Waals surface area contributed by atoms with Gasteiger partial charge in [0.15, 0.2) is 0 Å². The van der Waals surface area contributed by atoms with Crippen LogP contribution in [-0.4, -0.2) is 14.5 Å². The molecular weight excluding hydrogens is 256 g/mol. The Morgan fingerprint density at radius 1 is 1.41 bits per heavy atom. The lowest BCUT2D eigenvalue weighted by atomic mass is 10.3. The number of aliphatic hydroxyl groups excluding tert-OH is 1. The maximum atomic E-state index is 9.48. The van der Waals surface area contributed by atoms with E-state index in [4.69, 9.17) is 11.6 Å². The van der Waals surface area contributed by atoms with Crippen LogP contribution in [0.4, 0.5) is 0 Å². The van der Waals surface area contributed by atoms with Crippen LogP contribution in [0.5, 0.6) is 0 Å². The lowest BCUT2D eigenvalue weighted by Gasteiger charge is -1.99. The molecule has 3 aromatic heterocycles. The van der Waals surface area contributed by atoms with Crippen LogP contribution in [0.3, 0.4) is 0 Å². The molecule has 0 fully saturated rings. The molecule has 0 amide bonds. The Bertz CT molecular complexity index is 661. The molecule has 3 aromatic rings. The molecule has 0 radical (unpaired) electrons. The zero-order valence-electron chi connectivity index (χ0n) is 8.80. The molecule has 0 aliphatic carbocycles. The van der Waals surface area contributed by atoms with Crippen LogP contribution in [0.2, 0.25) is 5.02 Å². The van der Waals surface area contributed by atoms with Crippen molar-refractivity contribution in [1.82, 2.24) is 9.38 Å². The Labute approximate surface area is 107 Å². The fourth-order valence-electron chi connectivity index (χ4n) is 1.83. The first-order chi connectivity index (χ1) is 8.29. The second-order valence-electron chi connectivity index (χ2n) is 3.62. The predicted octanol–water partition coefficient (Wildman–Crippen LogP) is 3.21. The Morgan fingerprint density at radius 3 is 3.00 bits per heavy atom. The van der Waals surface area contributed by atoms with E-state index in [2.05, 4.69) is 4.98 Å². The highest BCUT2D eigenvalue weighted by Gasteiger charge is 2.13. The van der Waals surface area contributed by atoms with E-state index >= 15 is 0 Å². The molecule has 1 N–H and O–H groups in total.